The molecule has 0 aliphatic rings. The summed E-state index contributed by atoms with van der Waals surface area (Å²) in [5.41, 5.74) is 2.43. The van der Waals surface area contributed by atoms with Crippen molar-refractivity contribution in [1.82, 2.24) is 14.8 Å². The predicted octanol–water partition coefficient (Wildman–Crippen LogP) is 3.33. The number of hydrogen-bond acceptors (Lipinski definition) is 2. The zero-order valence-electron chi connectivity index (χ0n) is 10.5. The first kappa shape index (κ1) is 11.6. The molecule has 0 spiro atoms. The number of aromatic nitrogens is 3. The fourth-order valence-corrected chi connectivity index (χ4v) is 1.43. The maximum absolute atomic E-state index is 4.09. The summed E-state index contributed by atoms with van der Waals surface area (Å²) in [5, 5.41) is 4.09. The molecule has 3 nitrogen and oxygen atoms in total. The molecule has 1 aromatic heterocycles. The maximum Gasteiger partial charge on any atom is 0.138 e. The lowest BCUT2D eigenvalue weighted by molar-refractivity contribution is 0.547. The molecule has 0 saturated carbocycles. The van der Waals surface area contributed by atoms with Crippen LogP contribution in [0, 0.1) is 5.41 Å². The molecule has 2 aromatic rings. The van der Waals surface area contributed by atoms with Crippen molar-refractivity contribution in [2.24, 2.45) is 5.41 Å². The van der Waals surface area contributed by atoms with E-state index in [0.717, 1.165) is 5.69 Å². The second kappa shape index (κ2) is 4.53. The van der Waals surface area contributed by atoms with Gasteiger partial charge in [-0.05, 0) is 23.1 Å². The highest BCUT2D eigenvalue weighted by Crippen LogP contribution is 2.17. The second-order valence-electron chi connectivity index (χ2n) is 5.13. The van der Waals surface area contributed by atoms with Crippen molar-refractivity contribution in [3.63, 3.8) is 0 Å². The molecule has 1 heterocycles. The Bertz CT molecular complexity index is 487. The summed E-state index contributed by atoms with van der Waals surface area (Å²) in [6, 6.07) is 8.24. The third kappa shape index (κ3) is 3.28. The van der Waals surface area contributed by atoms with E-state index in [9.17, 15) is 0 Å². The Morgan fingerprint density at radius 2 is 1.82 bits per heavy atom. The van der Waals surface area contributed by atoms with Crippen molar-refractivity contribution < 1.29 is 0 Å². The van der Waals surface area contributed by atoms with Gasteiger partial charge in [0.05, 0.1) is 5.69 Å². The number of nitrogens with zero attached hydrogens (tertiary/aromatic N) is 3. The minimum absolute atomic E-state index is 0.213. The highest BCUT2D eigenvalue weighted by Gasteiger charge is 2.03. The molecule has 1 aromatic carbocycles. The van der Waals surface area contributed by atoms with Gasteiger partial charge in [-0.25, -0.2) is 9.67 Å². The van der Waals surface area contributed by atoms with E-state index in [1.165, 1.54) is 11.9 Å². The van der Waals surface area contributed by atoms with Crippen molar-refractivity contribution in [2.75, 3.05) is 0 Å². The van der Waals surface area contributed by atoms with E-state index in [2.05, 4.69) is 55.1 Å². The summed E-state index contributed by atoms with van der Waals surface area (Å²) in [4.78, 5) is 3.93. The molecule has 0 fully saturated rings. The van der Waals surface area contributed by atoms with Gasteiger partial charge in [-0.15, -0.1) is 0 Å². The van der Waals surface area contributed by atoms with Crippen molar-refractivity contribution in [3.8, 4) is 5.69 Å². The zero-order valence-corrected chi connectivity index (χ0v) is 10.5. The van der Waals surface area contributed by atoms with Crippen LogP contribution in [-0.2, 0) is 0 Å². The Balaban J connectivity index is 2.17. The van der Waals surface area contributed by atoms with Crippen molar-refractivity contribution in [1.29, 1.82) is 0 Å². The lowest BCUT2D eigenvalue weighted by Crippen LogP contribution is -1.98. The molecule has 0 unspecified atom stereocenters. The highest BCUT2D eigenvalue weighted by molar-refractivity contribution is 5.52. The van der Waals surface area contributed by atoms with E-state index >= 15 is 0 Å². The first-order chi connectivity index (χ1) is 8.04. The van der Waals surface area contributed by atoms with Crippen molar-refractivity contribution in [3.05, 3.63) is 48.6 Å². The molecule has 88 valence electrons. The van der Waals surface area contributed by atoms with Crippen LogP contribution < -0.4 is 0 Å². The Hall–Kier alpha value is -1.90. The Morgan fingerprint density at radius 3 is 2.35 bits per heavy atom. The summed E-state index contributed by atoms with van der Waals surface area (Å²) in [6.45, 7) is 6.56. The molecule has 0 atom stereocenters. The van der Waals surface area contributed by atoms with Crippen LogP contribution in [0.25, 0.3) is 11.8 Å². The SMILES string of the molecule is CC(C)(C)/C=C/c1ccc(-n2cncn2)cc1. The molecule has 0 aliphatic carbocycles. The minimum Gasteiger partial charge on any atom is -0.223 e. The van der Waals surface area contributed by atoms with Gasteiger partial charge in [-0.1, -0.05) is 45.1 Å². The largest absolute Gasteiger partial charge is 0.223 e. The molecule has 0 bridgehead atoms. The molecule has 0 saturated heterocycles. The van der Waals surface area contributed by atoms with E-state index in [4.69, 9.17) is 0 Å². The third-order valence-electron chi connectivity index (χ3n) is 2.35. The smallest absolute Gasteiger partial charge is 0.138 e. The van der Waals surface area contributed by atoms with E-state index in [0.29, 0.717) is 0 Å². The van der Waals surface area contributed by atoms with Gasteiger partial charge in [-0.3, -0.25) is 0 Å². The van der Waals surface area contributed by atoms with Crippen LogP contribution in [0.15, 0.2) is 43.0 Å². The Labute approximate surface area is 102 Å². The molecule has 2 rings (SSSR count). The molecular formula is C14H17N3. The van der Waals surface area contributed by atoms with Gasteiger partial charge in [-0.2, -0.15) is 5.10 Å². The second-order valence-corrected chi connectivity index (χ2v) is 5.13. The Morgan fingerprint density at radius 1 is 1.12 bits per heavy atom. The van der Waals surface area contributed by atoms with E-state index < -0.39 is 0 Å². The molecule has 3 heteroatoms. The molecule has 0 aliphatic heterocycles. The van der Waals surface area contributed by atoms with Crippen LogP contribution in [0.1, 0.15) is 26.3 Å². The van der Waals surface area contributed by atoms with Gasteiger partial charge in [0.1, 0.15) is 12.7 Å². The molecule has 0 N–H and O–H groups in total. The monoisotopic (exact) mass is 227 g/mol. The summed E-state index contributed by atoms with van der Waals surface area (Å²) in [6.07, 6.45) is 7.58. The summed E-state index contributed by atoms with van der Waals surface area (Å²) >= 11 is 0. The van der Waals surface area contributed by atoms with Gasteiger partial charge in [0, 0.05) is 0 Å². The first-order valence-corrected chi connectivity index (χ1v) is 5.69. The fourth-order valence-electron chi connectivity index (χ4n) is 1.43. The zero-order chi connectivity index (χ0) is 12.3. The van der Waals surface area contributed by atoms with Crippen molar-refractivity contribution >= 4 is 6.08 Å². The van der Waals surface area contributed by atoms with Crippen LogP contribution in [0.5, 0.6) is 0 Å². The molecule has 0 amide bonds. The maximum atomic E-state index is 4.09. The van der Waals surface area contributed by atoms with Gasteiger partial charge in [0.2, 0.25) is 0 Å². The predicted molar refractivity (Wildman–Crippen MR) is 69.8 cm³/mol. The lowest BCUT2D eigenvalue weighted by atomic mass is 9.95. The fraction of sp³-hybridized carbons (Fsp3) is 0.286. The first-order valence-electron chi connectivity index (χ1n) is 5.69. The van der Waals surface area contributed by atoms with Crippen LogP contribution in [0.3, 0.4) is 0 Å². The van der Waals surface area contributed by atoms with Gasteiger partial charge < -0.3 is 0 Å². The van der Waals surface area contributed by atoms with Gasteiger partial charge in [0.25, 0.3) is 0 Å². The summed E-state index contributed by atoms with van der Waals surface area (Å²) < 4.78 is 1.75. The minimum atomic E-state index is 0.213. The molecule has 17 heavy (non-hydrogen) atoms. The average Bonchev–Trinajstić information content (AvgIpc) is 2.79. The topological polar surface area (TPSA) is 30.7 Å². The Kier molecular flexibility index (Phi) is 3.09. The van der Waals surface area contributed by atoms with Crippen LogP contribution in [0.2, 0.25) is 0 Å². The number of allylic oxidation sites excluding steroid dienone is 1. The van der Waals surface area contributed by atoms with Gasteiger partial charge >= 0.3 is 0 Å². The number of hydrogen-bond donors (Lipinski definition) is 0. The number of benzene rings is 1. The van der Waals surface area contributed by atoms with Crippen LogP contribution >= 0.6 is 0 Å². The normalized spacial score (nSPS) is 12.2. The number of rotatable bonds is 2. The highest BCUT2D eigenvalue weighted by atomic mass is 15.3. The van der Waals surface area contributed by atoms with Crippen LogP contribution in [-0.4, -0.2) is 14.8 Å². The third-order valence-corrected chi connectivity index (χ3v) is 2.35. The summed E-state index contributed by atoms with van der Waals surface area (Å²) in [5.74, 6) is 0. The molecule has 0 radical (unpaired) electrons. The standard InChI is InChI=1S/C14H17N3/c1-14(2,3)9-8-12-4-6-13(7-5-12)17-11-15-10-16-17/h4-11H,1-3H3/b9-8+. The summed E-state index contributed by atoms with van der Waals surface area (Å²) in [7, 11) is 0. The van der Waals surface area contributed by atoms with Crippen molar-refractivity contribution in [2.45, 2.75) is 20.8 Å². The van der Waals surface area contributed by atoms with Gasteiger partial charge in [0.15, 0.2) is 0 Å². The van der Waals surface area contributed by atoms with E-state index in [1.807, 2.05) is 12.1 Å². The van der Waals surface area contributed by atoms with E-state index in [-0.39, 0.29) is 5.41 Å². The van der Waals surface area contributed by atoms with Crippen LogP contribution in [0.4, 0.5) is 0 Å². The van der Waals surface area contributed by atoms with E-state index in [1.54, 1.807) is 11.0 Å². The average molecular weight is 227 g/mol. The quantitative estimate of drug-likeness (QED) is 0.788. The lowest BCUT2D eigenvalue weighted by Gasteiger charge is -2.11. The molecular weight excluding hydrogens is 210 g/mol.